The lowest BCUT2D eigenvalue weighted by molar-refractivity contribution is -0.148. The van der Waals surface area contributed by atoms with Crippen molar-refractivity contribution in [3.63, 3.8) is 0 Å². The van der Waals surface area contributed by atoms with Crippen LogP contribution in [0.3, 0.4) is 0 Å². The molecule has 3 heteroatoms. The molecule has 0 aromatic heterocycles. The minimum Gasteiger partial charge on any atom is -0.359 e. The Bertz CT molecular complexity index is 284. The van der Waals surface area contributed by atoms with Crippen molar-refractivity contribution in [1.82, 2.24) is 0 Å². The number of epoxide rings is 1. The molecule has 0 N–H and O–H groups in total. The van der Waals surface area contributed by atoms with Gasteiger partial charge in [0, 0.05) is 0 Å². The normalized spacial score (nSPS) is 55.8. The molecule has 3 rings (SSSR count). The van der Waals surface area contributed by atoms with Crippen LogP contribution in [0.2, 0.25) is 0 Å². The van der Waals surface area contributed by atoms with Gasteiger partial charge in [0.15, 0.2) is 5.79 Å². The van der Waals surface area contributed by atoms with E-state index in [-0.39, 0.29) is 23.9 Å². The molecule has 13 heavy (non-hydrogen) atoms. The molecule has 0 aromatic carbocycles. The van der Waals surface area contributed by atoms with E-state index in [1.54, 1.807) is 0 Å². The summed E-state index contributed by atoms with van der Waals surface area (Å²) < 4.78 is 17.1. The van der Waals surface area contributed by atoms with Crippen molar-refractivity contribution in [2.45, 2.75) is 50.5 Å². The fourth-order valence-electron chi connectivity index (χ4n) is 2.28. The molecule has 0 aromatic rings. The van der Waals surface area contributed by atoms with Crippen LogP contribution in [0.15, 0.2) is 12.2 Å². The van der Waals surface area contributed by atoms with Crippen molar-refractivity contribution in [1.29, 1.82) is 0 Å². The molecular weight excluding hydrogens is 168 g/mol. The van der Waals surface area contributed by atoms with Crippen LogP contribution >= 0.6 is 0 Å². The monoisotopic (exact) mass is 182 g/mol. The van der Waals surface area contributed by atoms with E-state index in [0.717, 1.165) is 0 Å². The summed E-state index contributed by atoms with van der Waals surface area (Å²) in [5.41, 5.74) is -0.132. The maximum Gasteiger partial charge on any atom is 0.164 e. The van der Waals surface area contributed by atoms with Gasteiger partial charge >= 0.3 is 0 Å². The van der Waals surface area contributed by atoms with Crippen molar-refractivity contribution in [3.05, 3.63) is 12.2 Å². The highest BCUT2D eigenvalue weighted by molar-refractivity contribution is 5.25. The first-order chi connectivity index (χ1) is 6.01. The largest absolute Gasteiger partial charge is 0.359 e. The van der Waals surface area contributed by atoms with Crippen molar-refractivity contribution >= 4 is 0 Å². The van der Waals surface area contributed by atoms with Gasteiger partial charge in [0.25, 0.3) is 0 Å². The number of rotatable bonds is 0. The Labute approximate surface area is 77.7 Å². The molecule has 0 bridgehead atoms. The van der Waals surface area contributed by atoms with Gasteiger partial charge in [0.05, 0.1) is 0 Å². The minimum atomic E-state index is -0.469. The summed E-state index contributed by atoms with van der Waals surface area (Å²) in [5.74, 6) is -0.469. The summed E-state index contributed by atoms with van der Waals surface area (Å²) in [7, 11) is 0. The van der Waals surface area contributed by atoms with E-state index in [0.29, 0.717) is 0 Å². The van der Waals surface area contributed by atoms with Crippen molar-refractivity contribution in [2.24, 2.45) is 0 Å². The standard InChI is InChI=1S/C10H14O3/c1-9(2)11-6-4-5-7-10(3,12-7)8(6)13-9/h4-8H,1-3H3/t6-,7?,8-,10?/m0/s1. The highest BCUT2D eigenvalue weighted by Crippen LogP contribution is 2.50. The van der Waals surface area contributed by atoms with Gasteiger partial charge in [-0.25, -0.2) is 0 Å². The van der Waals surface area contributed by atoms with E-state index in [1.807, 2.05) is 13.8 Å². The third-order valence-electron chi connectivity index (χ3n) is 3.06. The zero-order valence-corrected chi connectivity index (χ0v) is 8.11. The first-order valence-corrected chi connectivity index (χ1v) is 4.73. The van der Waals surface area contributed by atoms with Crippen LogP contribution in [0, 0.1) is 0 Å². The fraction of sp³-hybridized carbons (Fsp3) is 0.800. The zero-order valence-electron chi connectivity index (χ0n) is 8.11. The van der Waals surface area contributed by atoms with Crippen LogP contribution in [0.1, 0.15) is 20.8 Å². The molecule has 0 spiro atoms. The molecule has 2 unspecified atom stereocenters. The van der Waals surface area contributed by atoms with E-state index in [2.05, 4.69) is 19.1 Å². The van der Waals surface area contributed by atoms with E-state index in [4.69, 9.17) is 14.2 Å². The Hall–Kier alpha value is -0.380. The summed E-state index contributed by atoms with van der Waals surface area (Å²) in [4.78, 5) is 0. The number of ether oxygens (including phenoxy) is 3. The molecule has 1 aliphatic carbocycles. The van der Waals surface area contributed by atoms with E-state index in [9.17, 15) is 0 Å². The minimum absolute atomic E-state index is 0.0671. The molecule has 2 fully saturated rings. The van der Waals surface area contributed by atoms with Gasteiger partial charge in [0.2, 0.25) is 0 Å². The molecule has 3 aliphatic rings. The van der Waals surface area contributed by atoms with Gasteiger partial charge in [-0.2, -0.15) is 0 Å². The van der Waals surface area contributed by atoms with Gasteiger partial charge < -0.3 is 14.2 Å². The third kappa shape index (κ3) is 0.951. The first kappa shape index (κ1) is 7.97. The molecule has 4 atom stereocenters. The SMILES string of the molecule is CC1(C)O[C@H]2C=CC3OC3(C)[C@H]2O1. The zero-order chi connectivity index (χ0) is 9.27. The van der Waals surface area contributed by atoms with Gasteiger partial charge in [-0.1, -0.05) is 12.2 Å². The number of fused-ring (bicyclic) bond motifs is 3. The maximum absolute atomic E-state index is 5.81. The second kappa shape index (κ2) is 2.00. The van der Waals surface area contributed by atoms with Crippen molar-refractivity contribution in [3.8, 4) is 0 Å². The van der Waals surface area contributed by atoms with Crippen molar-refractivity contribution in [2.75, 3.05) is 0 Å². The van der Waals surface area contributed by atoms with Crippen LogP contribution in [-0.2, 0) is 14.2 Å². The van der Waals surface area contributed by atoms with E-state index >= 15 is 0 Å². The second-order valence-corrected chi connectivity index (χ2v) is 4.63. The Balaban J connectivity index is 1.94. The highest BCUT2D eigenvalue weighted by atomic mass is 16.8. The summed E-state index contributed by atoms with van der Waals surface area (Å²) in [5, 5.41) is 0. The van der Waals surface area contributed by atoms with E-state index in [1.165, 1.54) is 0 Å². The molecule has 2 heterocycles. The lowest BCUT2D eigenvalue weighted by Crippen LogP contribution is -2.39. The molecule has 2 saturated heterocycles. The Kier molecular flexibility index (Phi) is 1.22. The average molecular weight is 182 g/mol. The predicted molar refractivity (Wildman–Crippen MR) is 46.2 cm³/mol. The van der Waals surface area contributed by atoms with Gasteiger partial charge in [-0.15, -0.1) is 0 Å². The molecule has 2 aliphatic heterocycles. The molecule has 72 valence electrons. The smallest absolute Gasteiger partial charge is 0.164 e. The van der Waals surface area contributed by atoms with Gasteiger partial charge in [-0.05, 0) is 20.8 Å². The van der Waals surface area contributed by atoms with Crippen LogP contribution in [0.25, 0.3) is 0 Å². The van der Waals surface area contributed by atoms with Crippen LogP contribution in [0.4, 0.5) is 0 Å². The van der Waals surface area contributed by atoms with Crippen LogP contribution in [0.5, 0.6) is 0 Å². The molecular formula is C10H14O3. The fourth-order valence-corrected chi connectivity index (χ4v) is 2.28. The summed E-state index contributed by atoms with van der Waals surface area (Å²) in [6.45, 7) is 5.98. The quantitative estimate of drug-likeness (QED) is 0.417. The predicted octanol–water partition coefficient (Wildman–Crippen LogP) is 1.23. The topological polar surface area (TPSA) is 31.0 Å². The van der Waals surface area contributed by atoms with Crippen LogP contribution in [-0.4, -0.2) is 29.7 Å². The first-order valence-electron chi connectivity index (χ1n) is 4.73. The Morgan fingerprint density at radius 2 is 1.77 bits per heavy atom. The average Bonchev–Trinajstić information content (AvgIpc) is 2.57. The Morgan fingerprint density at radius 1 is 1.00 bits per heavy atom. The molecule has 0 radical (unpaired) electrons. The van der Waals surface area contributed by atoms with Gasteiger partial charge in [-0.3, -0.25) is 0 Å². The molecule has 3 nitrogen and oxygen atoms in total. The Morgan fingerprint density at radius 3 is 2.54 bits per heavy atom. The summed E-state index contributed by atoms with van der Waals surface area (Å²) >= 11 is 0. The third-order valence-corrected chi connectivity index (χ3v) is 3.06. The molecule has 0 amide bonds. The summed E-state index contributed by atoms with van der Waals surface area (Å²) in [6.07, 6.45) is 4.51. The summed E-state index contributed by atoms with van der Waals surface area (Å²) in [6, 6.07) is 0. The molecule has 0 saturated carbocycles. The van der Waals surface area contributed by atoms with E-state index < -0.39 is 5.79 Å². The lowest BCUT2D eigenvalue weighted by atomic mass is 9.91. The van der Waals surface area contributed by atoms with Crippen molar-refractivity contribution < 1.29 is 14.2 Å². The van der Waals surface area contributed by atoms with Crippen LogP contribution < -0.4 is 0 Å². The highest BCUT2D eigenvalue weighted by Gasteiger charge is 2.65. The number of hydrogen-bond donors (Lipinski definition) is 0. The lowest BCUT2D eigenvalue weighted by Gasteiger charge is -2.21. The van der Waals surface area contributed by atoms with Gasteiger partial charge in [0.1, 0.15) is 23.9 Å². The second-order valence-electron chi connectivity index (χ2n) is 4.63. The maximum atomic E-state index is 5.81. The number of hydrogen-bond acceptors (Lipinski definition) is 3.